The quantitative estimate of drug-likeness (QED) is 0.884. The second-order valence-corrected chi connectivity index (χ2v) is 5.96. The van der Waals surface area contributed by atoms with Crippen LogP contribution in [-0.2, 0) is 4.79 Å². The zero-order valence-electron chi connectivity index (χ0n) is 11.2. The van der Waals surface area contributed by atoms with E-state index < -0.39 is 0 Å². The van der Waals surface area contributed by atoms with Crippen LogP contribution in [0.15, 0.2) is 18.2 Å². The number of hydrogen-bond donors (Lipinski definition) is 2. The number of benzene rings is 1. The van der Waals surface area contributed by atoms with Crippen molar-refractivity contribution in [2.75, 3.05) is 36.6 Å². The molecule has 0 aliphatic carbocycles. The topological polar surface area (TPSA) is 59.6 Å². The molecule has 2 aliphatic heterocycles. The van der Waals surface area contributed by atoms with Crippen LogP contribution in [0.5, 0.6) is 11.5 Å². The van der Waals surface area contributed by atoms with Crippen molar-refractivity contribution in [3.63, 3.8) is 0 Å². The number of thioether (sulfide) groups is 1. The van der Waals surface area contributed by atoms with Crippen molar-refractivity contribution in [3.8, 4) is 11.5 Å². The first-order valence-corrected chi connectivity index (χ1v) is 7.98. The summed E-state index contributed by atoms with van der Waals surface area (Å²) in [5.41, 5.74) is 0.690. The Kier molecular flexibility index (Phi) is 4.32. The van der Waals surface area contributed by atoms with Crippen molar-refractivity contribution in [2.24, 2.45) is 0 Å². The molecule has 1 atom stereocenters. The predicted molar refractivity (Wildman–Crippen MR) is 79.8 cm³/mol. The molecule has 108 valence electrons. The number of hydrogen-bond acceptors (Lipinski definition) is 5. The van der Waals surface area contributed by atoms with Gasteiger partial charge in [0.15, 0.2) is 11.5 Å². The molecular formula is C14H18N2O3S. The van der Waals surface area contributed by atoms with E-state index in [9.17, 15) is 4.79 Å². The van der Waals surface area contributed by atoms with Crippen LogP contribution in [0.2, 0.25) is 0 Å². The molecule has 5 nitrogen and oxygen atoms in total. The van der Waals surface area contributed by atoms with Crippen LogP contribution in [0, 0.1) is 0 Å². The third-order valence-corrected chi connectivity index (χ3v) is 4.40. The molecule has 1 aromatic carbocycles. The zero-order valence-corrected chi connectivity index (χ0v) is 12.0. The predicted octanol–water partition coefficient (Wildman–Crippen LogP) is 1.49. The molecule has 0 saturated carbocycles. The number of carbonyl (C=O) groups excluding carboxylic acids is 1. The Bertz CT molecular complexity index is 489. The number of para-hydroxylation sites is 1. The highest BCUT2D eigenvalue weighted by molar-refractivity contribution is 7.99. The van der Waals surface area contributed by atoms with Gasteiger partial charge in [-0.05, 0) is 12.1 Å². The summed E-state index contributed by atoms with van der Waals surface area (Å²) in [6.45, 7) is 2.04. The van der Waals surface area contributed by atoms with Gasteiger partial charge in [-0.2, -0.15) is 11.8 Å². The average Bonchev–Trinajstić information content (AvgIpc) is 2.48. The Morgan fingerprint density at radius 1 is 1.40 bits per heavy atom. The monoisotopic (exact) mass is 294 g/mol. The number of anilines is 1. The van der Waals surface area contributed by atoms with Gasteiger partial charge < -0.3 is 20.1 Å². The maximum Gasteiger partial charge on any atom is 0.226 e. The summed E-state index contributed by atoms with van der Waals surface area (Å²) in [5.74, 6) is 3.45. The van der Waals surface area contributed by atoms with Crippen molar-refractivity contribution < 1.29 is 14.3 Å². The summed E-state index contributed by atoms with van der Waals surface area (Å²) in [4.78, 5) is 12.1. The number of carbonyl (C=O) groups is 1. The summed E-state index contributed by atoms with van der Waals surface area (Å²) in [5, 5.41) is 6.28. The first-order chi connectivity index (χ1) is 9.83. The summed E-state index contributed by atoms with van der Waals surface area (Å²) < 4.78 is 11.1. The zero-order chi connectivity index (χ0) is 13.8. The number of nitrogens with one attached hydrogen (secondary N) is 2. The largest absolute Gasteiger partial charge is 0.486 e. The molecule has 1 saturated heterocycles. The lowest BCUT2D eigenvalue weighted by atomic mass is 10.2. The van der Waals surface area contributed by atoms with E-state index >= 15 is 0 Å². The van der Waals surface area contributed by atoms with Crippen molar-refractivity contribution in [2.45, 2.75) is 12.5 Å². The Hall–Kier alpha value is -1.40. The van der Waals surface area contributed by atoms with Crippen molar-refractivity contribution in [1.82, 2.24) is 5.32 Å². The van der Waals surface area contributed by atoms with E-state index in [1.165, 1.54) is 0 Å². The van der Waals surface area contributed by atoms with Crippen LogP contribution in [-0.4, -0.2) is 43.2 Å². The molecule has 0 bridgehead atoms. The van der Waals surface area contributed by atoms with E-state index in [2.05, 4.69) is 10.6 Å². The highest BCUT2D eigenvalue weighted by atomic mass is 32.2. The lowest BCUT2D eigenvalue weighted by Gasteiger charge is -2.24. The van der Waals surface area contributed by atoms with Crippen molar-refractivity contribution >= 4 is 23.4 Å². The maximum absolute atomic E-state index is 12.1. The molecule has 2 aliphatic rings. The van der Waals surface area contributed by atoms with Crippen LogP contribution in [0.3, 0.4) is 0 Å². The highest BCUT2D eigenvalue weighted by Gasteiger charge is 2.20. The minimum atomic E-state index is 0.00701. The van der Waals surface area contributed by atoms with E-state index in [0.29, 0.717) is 36.8 Å². The van der Waals surface area contributed by atoms with E-state index in [1.807, 2.05) is 30.0 Å². The van der Waals surface area contributed by atoms with Gasteiger partial charge >= 0.3 is 0 Å². The number of ether oxygens (including phenoxy) is 2. The van der Waals surface area contributed by atoms with Gasteiger partial charge in [-0.1, -0.05) is 6.07 Å². The molecule has 3 rings (SSSR count). The Labute approximate surface area is 122 Å². The second kappa shape index (κ2) is 6.37. The lowest BCUT2D eigenvalue weighted by molar-refractivity contribution is -0.116. The summed E-state index contributed by atoms with van der Waals surface area (Å²) >= 11 is 1.89. The van der Waals surface area contributed by atoms with E-state index in [0.717, 1.165) is 18.1 Å². The van der Waals surface area contributed by atoms with Crippen molar-refractivity contribution in [3.05, 3.63) is 18.2 Å². The van der Waals surface area contributed by atoms with Gasteiger partial charge in [0.05, 0.1) is 5.69 Å². The SMILES string of the molecule is O=C(CC1CSCCN1)Nc1cccc2c1OCCO2. The fourth-order valence-corrected chi connectivity index (χ4v) is 3.30. The first kappa shape index (κ1) is 13.6. The third kappa shape index (κ3) is 3.19. The van der Waals surface area contributed by atoms with Crippen LogP contribution in [0.4, 0.5) is 5.69 Å². The first-order valence-electron chi connectivity index (χ1n) is 6.82. The Morgan fingerprint density at radius 2 is 2.30 bits per heavy atom. The second-order valence-electron chi connectivity index (χ2n) is 4.81. The molecule has 6 heteroatoms. The Morgan fingerprint density at radius 3 is 3.15 bits per heavy atom. The highest BCUT2D eigenvalue weighted by Crippen LogP contribution is 2.37. The molecule has 2 N–H and O–H groups in total. The van der Waals surface area contributed by atoms with Crippen LogP contribution >= 0.6 is 11.8 Å². The minimum Gasteiger partial charge on any atom is -0.486 e. The van der Waals surface area contributed by atoms with Crippen LogP contribution < -0.4 is 20.1 Å². The molecule has 2 heterocycles. The normalized spacial score (nSPS) is 21.3. The molecule has 20 heavy (non-hydrogen) atoms. The molecule has 0 spiro atoms. The van der Waals surface area contributed by atoms with E-state index in [4.69, 9.17) is 9.47 Å². The molecular weight excluding hydrogens is 276 g/mol. The fourth-order valence-electron chi connectivity index (χ4n) is 2.35. The van der Waals surface area contributed by atoms with Gasteiger partial charge in [-0.25, -0.2) is 0 Å². The summed E-state index contributed by atoms with van der Waals surface area (Å²) in [6, 6.07) is 5.81. The number of fused-ring (bicyclic) bond motifs is 1. The molecule has 1 amide bonds. The lowest BCUT2D eigenvalue weighted by Crippen LogP contribution is -2.39. The van der Waals surface area contributed by atoms with Gasteiger partial charge in [-0.15, -0.1) is 0 Å². The maximum atomic E-state index is 12.1. The molecule has 0 radical (unpaired) electrons. The summed E-state index contributed by atoms with van der Waals surface area (Å²) in [7, 11) is 0. The third-order valence-electron chi connectivity index (χ3n) is 3.27. The molecule has 0 aromatic heterocycles. The van der Waals surface area contributed by atoms with Crippen molar-refractivity contribution in [1.29, 1.82) is 0 Å². The summed E-state index contributed by atoms with van der Waals surface area (Å²) in [6.07, 6.45) is 0.484. The van der Waals surface area contributed by atoms with Crippen LogP contribution in [0.25, 0.3) is 0 Å². The molecule has 1 unspecified atom stereocenters. The average molecular weight is 294 g/mol. The molecule has 1 fully saturated rings. The van der Waals surface area contributed by atoms with Gasteiger partial charge in [0, 0.05) is 30.5 Å². The minimum absolute atomic E-state index is 0.00701. The standard InChI is InChI=1S/C14H18N2O3S/c17-13(8-10-9-20-7-4-15-10)16-11-2-1-3-12-14(11)19-6-5-18-12/h1-3,10,15H,4-9H2,(H,16,17). The number of amides is 1. The van der Waals surface area contributed by atoms with E-state index in [-0.39, 0.29) is 11.9 Å². The van der Waals surface area contributed by atoms with Gasteiger partial charge in [-0.3, -0.25) is 4.79 Å². The molecule has 1 aromatic rings. The van der Waals surface area contributed by atoms with Gasteiger partial charge in [0.2, 0.25) is 5.91 Å². The Balaban J connectivity index is 1.63. The fraction of sp³-hybridized carbons (Fsp3) is 0.500. The number of rotatable bonds is 3. The van der Waals surface area contributed by atoms with Gasteiger partial charge in [0.25, 0.3) is 0 Å². The van der Waals surface area contributed by atoms with Gasteiger partial charge in [0.1, 0.15) is 13.2 Å². The van der Waals surface area contributed by atoms with Crippen LogP contribution in [0.1, 0.15) is 6.42 Å². The van der Waals surface area contributed by atoms with E-state index in [1.54, 1.807) is 0 Å². The smallest absolute Gasteiger partial charge is 0.226 e.